The molecule has 0 saturated heterocycles. The molecule has 2 heterocycles. The topological polar surface area (TPSA) is 97.7 Å². The lowest BCUT2D eigenvalue weighted by Gasteiger charge is -2.24. The van der Waals surface area contributed by atoms with Gasteiger partial charge in [-0.1, -0.05) is 24.3 Å². The maximum atomic E-state index is 10.5. The van der Waals surface area contributed by atoms with Crippen LogP contribution in [0.25, 0.3) is 11.0 Å². The van der Waals surface area contributed by atoms with Gasteiger partial charge in [-0.2, -0.15) is 0 Å². The van der Waals surface area contributed by atoms with Crippen LogP contribution in [0.5, 0.6) is 11.5 Å². The number of nitrogens with zero attached hydrogens (tertiary/aromatic N) is 3. The highest BCUT2D eigenvalue weighted by Crippen LogP contribution is 2.39. The number of para-hydroxylation sites is 3. The second-order valence-corrected chi connectivity index (χ2v) is 5.21. The van der Waals surface area contributed by atoms with E-state index in [2.05, 4.69) is 15.3 Å². The maximum absolute atomic E-state index is 10.5. The van der Waals surface area contributed by atoms with Crippen LogP contribution in [0.3, 0.4) is 0 Å². The summed E-state index contributed by atoms with van der Waals surface area (Å²) in [5.41, 5.74) is 8.22. The molecule has 23 heavy (non-hydrogen) atoms. The minimum absolute atomic E-state index is 0.0437. The summed E-state index contributed by atoms with van der Waals surface area (Å²) in [6.45, 7) is 0. The molecule has 1 aliphatic rings. The SMILES string of the molecule is COc1cccc(C2N=C(N)Nc3nc4ccccc4n32)c1O. The minimum atomic E-state index is -0.520. The standard InChI is InChI=1S/C16H15N5O2/c1-23-12-8-4-5-9(13(12)22)14-19-15(17)20-16-18-10-6-2-3-7-11(10)21(14)16/h2-8,14,22H,1H3,(H3,17,18,19,20). The molecule has 0 fully saturated rings. The van der Waals surface area contributed by atoms with Crippen molar-refractivity contribution in [1.82, 2.24) is 9.55 Å². The van der Waals surface area contributed by atoms with Crippen LogP contribution in [0.1, 0.15) is 11.7 Å². The average Bonchev–Trinajstić information content (AvgIpc) is 2.92. The van der Waals surface area contributed by atoms with E-state index in [0.29, 0.717) is 17.3 Å². The van der Waals surface area contributed by atoms with Gasteiger partial charge < -0.3 is 15.6 Å². The highest BCUT2D eigenvalue weighted by Gasteiger charge is 2.27. The van der Waals surface area contributed by atoms with Crippen LogP contribution in [0.2, 0.25) is 0 Å². The monoisotopic (exact) mass is 309 g/mol. The van der Waals surface area contributed by atoms with Crippen molar-refractivity contribution in [2.24, 2.45) is 10.7 Å². The van der Waals surface area contributed by atoms with Crippen LogP contribution in [0.4, 0.5) is 5.95 Å². The third kappa shape index (κ3) is 1.97. The molecule has 4 rings (SSSR count). The van der Waals surface area contributed by atoms with E-state index in [1.165, 1.54) is 7.11 Å². The first-order valence-corrected chi connectivity index (χ1v) is 7.12. The first-order chi connectivity index (χ1) is 11.2. The zero-order chi connectivity index (χ0) is 16.0. The van der Waals surface area contributed by atoms with Crippen LogP contribution >= 0.6 is 0 Å². The van der Waals surface area contributed by atoms with E-state index in [9.17, 15) is 5.11 Å². The Morgan fingerprint density at radius 1 is 1.22 bits per heavy atom. The number of phenols is 1. The molecular weight excluding hydrogens is 294 g/mol. The number of aromatic hydroxyl groups is 1. The quantitative estimate of drug-likeness (QED) is 0.673. The largest absolute Gasteiger partial charge is 0.504 e. The molecule has 2 aromatic carbocycles. The molecular formula is C16H15N5O2. The Morgan fingerprint density at radius 3 is 2.87 bits per heavy atom. The summed E-state index contributed by atoms with van der Waals surface area (Å²) < 4.78 is 7.09. The van der Waals surface area contributed by atoms with Gasteiger partial charge in [0, 0.05) is 5.56 Å². The summed E-state index contributed by atoms with van der Waals surface area (Å²) in [4.78, 5) is 8.97. The van der Waals surface area contributed by atoms with Crippen LogP contribution in [-0.4, -0.2) is 27.7 Å². The number of methoxy groups -OCH3 is 1. The lowest BCUT2D eigenvalue weighted by molar-refractivity contribution is 0.367. The Hall–Kier alpha value is -3.22. The van der Waals surface area contributed by atoms with Crippen molar-refractivity contribution in [2.45, 2.75) is 6.17 Å². The van der Waals surface area contributed by atoms with Crippen LogP contribution in [0, 0.1) is 0 Å². The number of imidazole rings is 1. The van der Waals surface area contributed by atoms with Crippen molar-refractivity contribution < 1.29 is 9.84 Å². The van der Waals surface area contributed by atoms with Gasteiger partial charge in [0.2, 0.25) is 5.95 Å². The number of ether oxygens (including phenoxy) is 1. The van der Waals surface area contributed by atoms with E-state index in [-0.39, 0.29) is 11.7 Å². The summed E-state index contributed by atoms with van der Waals surface area (Å²) in [7, 11) is 1.51. The Bertz CT molecular complexity index is 931. The zero-order valence-electron chi connectivity index (χ0n) is 12.4. The number of guanidine groups is 1. The van der Waals surface area contributed by atoms with E-state index < -0.39 is 6.17 Å². The predicted molar refractivity (Wildman–Crippen MR) is 87.8 cm³/mol. The molecule has 1 aromatic heterocycles. The van der Waals surface area contributed by atoms with Crippen molar-refractivity contribution >= 4 is 22.9 Å². The summed E-state index contributed by atoms with van der Waals surface area (Å²) in [6, 6.07) is 13.0. The number of anilines is 1. The number of rotatable bonds is 2. The van der Waals surface area contributed by atoms with E-state index in [1.807, 2.05) is 28.8 Å². The first-order valence-electron chi connectivity index (χ1n) is 7.12. The second kappa shape index (κ2) is 4.91. The molecule has 0 radical (unpaired) electrons. The van der Waals surface area contributed by atoms with Gasteiger partial charge in [0.25, 0.3) is 0 Å². The summed E-state index contributed by atoms with van der Waals surface area (Å²) >= 11 is 0. The number of phenolic OH excluding ortho intramolecular Hbond substituents is 1. The molecule has 1 aliphatic heterocycles. The number of aliphatic imine (C=N–C) groups is 1. The number of hydrogen-bond donors (Lipinski definition) is 3. The number of benzene rings is 2. The van der Waals surface area contributed by atoms with Crippen molar-refractivity contribution in [3.8, 4) is 11.5 Å². The van der Waals surface area contributed by atoms with Crippen molar-refractivity contribution in [2.75, 3.05) is 12.4 Å². The van der Waals surface area contributed by atoms with Gasteiger partial charge >= 0.3 is 0 Å². The van der Waals surface area contributed by atoms with Gasteiger partial charge in [-0.3, -0.25) is 9.88 Å². The molecule has 0 amide bonds. The Labute approximate surface area is 132 Å². The fraction of sp³-hybridized carbons (Fsp3) is 0.125. The highest BCUT2D eigenvalue weighted by atomic mass is 16.5. The minimum Gasteiger partial charge on any atom is -0.504 e. The Kier molecular flexibility index (Phi) is 2.87. The van der Waals surface area contributed by atoms with Crippen LogP contribution in [0.15, 0.2) is 47.5 Å². The smallest absolute Gasteiger partial charge is 0.212 e. The molecule has 7 heteroatoms. The van der Waals surface area contributed by atoms with Crippen molar-refractivity contribution in [1.29, 1.82) is 0 Å². The molecule has 0 aliphatic carbocycles. The lowest BCUT2D eigenvalue weighted by Crippen LogP contribution is -2.31. The number of nitrogens with one attached hydrogen (secondary N) is 1. The third-order valence-electron chi connectivity index (χ3n) is 3.87. The molecule has 1 atom stereocenters. The molecule has 7 nitrogen and oxygen atoms in total. The number of aromatic nitrogens is 2. The molecule has 1 unspecified atom stereocenters. The molecule has 3 aromatic rings. The van der Waals surface area contributed by atoms with Crippen LogP contribution < -0.4 is 15.8 Å². The van der Waals surface area contributed by atoms with Crippen LogP contribution in [-0.2, 0) is 0 Å². The van der Waals surface area contributed by atoms with Crippen molar-refractivity contribution in [3.63, 3.8) is 0 Å². The van der Waals surface area contributed by atoms with E-state index in [0.717, 1.165) is 11.0 Å². The molecule has 0 bridgehead atoms. The zero-order valence-corrected chi connectivity index (χ0v) is 12.4. The van der Waals surface area contributed by atoms with Gasteiger partial charge in [0.05, 0.1) is 18.1 Å². The normalized spacial score (nSPS) is 16.6. The van der Waals surface area contributed by atoms with Crippen molar-refractivity contribution in [3.05, 3.63) is 48.0 Å². The van der Waals surface area contributed by atoms with Gasteiger partial charge in [-0.15, -0.1) is 0 Å². The number of fused-ring (bicyclic) bond motifs is 3. The summed E-state index contributed by atoms with van der Waals surface area (Å²) in [6.07, 6.45) is -0.520. The van der Waals surface area contributed by atoms with Gasteiger partial charge in [-0.25, -0.2) is 9.98 Å². The summed E-state index contributed by atoms with van der Waals surface area (Å²) in [5, 5.41) is 13.4. The third-order valence-corrected chi connectivity index (χ3v) is 3.87. The van der Waals surface area contributed by atoms with Gasteiger partial charge in [0.1, 0.15) is 0 Å². The second-order valence-electron chi connectivity index (χ2n) is 5.21. The Morgan fingerprint density at radius 2 is 2.04 bits per heavy atom. The molecule has 116 valence electrons. The van der Waals surface area contributed by atoms with Gasteiger partial charge in [0.15, 0.2) is 23.6 Å². The number of hydrogen-bond acceptors (Lipinski definition) is 6. The maximum Gasteiger partial charge on any atom is 0.212 e. The fourth-order valence-electron chi connectivity index (χ4n) is 2.84. The fourth-order valence-corrected chi connectivity index (χ4v) is 2.84. The average molecular weight is 309 g/mol. The first kappa shape index (κ1) is 13.4. The molecule has 4 N–H and O–H groups in total. The highest BCUT2D eigenvalue weighted by molar-refractivity contribution is 5.94. The molecule has 0 spiro atoms. The lowest BCUT2D eigenvalue weighted by atomic mass is 10.1. The molecule has 0 saturated carbocycles. The predicted octanol–water partition coefficient (Wildman–Crippen LogP) is 2.04. The number of nitrogens with two attached hydrogens (primary N) is 1. The van der Waals surface area contributed by atoms with E-state index >= 15 is 0 Å². The Balaban J connectivity index is 1.98. The summed E-state index contributed by atoms with van der Waals surface area (Å²) in [5.74, 6) is 1.27. The van der Waals surface area contributed by atoms with Gasteiger partial charge in [-0.05, 0) is 18.2 Å². The van der Waals surface area contributed by atoms with E-state index in [4.69, 9.17) is 10.5 Å². The van der Waals surface area contributed by atoms with E-state index in [1.54, 1.807) is 18.2 Å².